The number of piperidine rings is 1. The fourth-order valence-corrected chi connectivity index (χ4v) is 4.23. The summed E-state index contributed by atoms with van der Waals surface area (Å²) in [5.41, 5.74) is 2.98. The third-order valence-electron chi connectivity index (χ3n) is 5.67. The molecule has 0 radical (unpaired) electrons. The molecule has 1 atom stereocenters. The molecule has 1 aliphatic heterocycles. The number of aromatic nitrogens is 2. The molecule has 2 aromatic rings. The number of nitrogens with zero attached hydrogens (tertiary/aromatic N) is 2. The number of hydrogen-bond acceptors (Lipinski definition) is 3. The highest BCUT2D eigenvalue weighted by Gasteiger charge is 2.33. The molecular formula is C19H24N4O2. The van der Waals surface area contributed by atoms with Gasteiger partial charge in [0.05, 0.1) is 0 Å². The van der Waals surface area contributed by atoms with Gasteiger partial charge in [-0.15, -0.1) is 0 Å². The number of benzene rings is 1. The molecule has 1 aromatic carbocycles. The lowest BCUT2D eigenvalue weighted by Crippen LogP contribution is -2.51. The van der Waals surface area contributed by atoms with E-state index in [0.717, 1.165) is 38.8 Å². The van der Waals surface area contributed by atoms with E-state index in [1.165, 1.54) is 17.2 Å². The maximum atomic E-state index is 12.6. The van der Waals surface area contributed by atoms with Crippen LogP contribution in [0.3, 0.4) is 0 Å². The van der Waals surface area contributed by atoms with Crippen LogP contribution in [0.1, 0.15) is 34.5 Å². The third kappa shape index (κ3) is 3.14. The molecule has 0 spiro atoms. The summed E-state index contributed by atoms with van der Waals surface area (Å²) in [6.45, 7) is 1.99. The Morgan fingerprint density at radius 1 is 1.20 bits per heavy atom. The molecule has 1 saturated heterocycles. The molecule has 2 heterocycles. The molecule has 1 aromatic heterocycles. The summed E-state index contributed by atoms with van der Waals surface area (Å²) in [7, 11) is 1.84. The highest BCUT2D eigenvalue weighted by atomic mass is 16.2. The summed E-state index contributed by atoms with van der Waals surface area (Å²) in [6.07, 6.45) is 4.31. The molecule has 132 valence electrons. The standard InChI is InChI=1S/C19H24N4O2/c1-22(19(25)17-11-18(24)21-20-17)15-7-4-8-23(12-15)16-9-13-5-2-3-6-14(13)10-16/h2-3,5-6,11,15-16H,4,7-10,12H2,1H3,(H2,20,21,24)/t15-/m1/s1. The maximum absolute atomic E-state index is 12.6. The largest absolute Gasteiger partial charge is 0.336 e. The number of likely N-dealkylation sites (N-methyl/N-ethyl adjacent to an activating group) is 1. The monoisotopic (exact) mass is 340 g/mol. The van der Waals surface area contributed by atoms with E-state index in [0.29, 0.717) is 11.7 Å². The minimum absolute atomic E-state index is 0.125. The minimum atomic E-state index is -0.272. The molecule has 6 nitrogen and oxygen atoms in total. The first-order chi connectivity index (χ1) is 12.1. The molecular weight excluding hydrogens is 316 g/mol. The number of likely N-dealkylation sites (tertiary alicyclic amines) is 1. The fourth-order valence-electron chi connectivity index (χ4n) is 4.23. The van der Waals surface area contributed by atoms with Gasteiger partial charge in [0.25, 0.3) is 11.5 Å². The SMILES string of the molecule is CN(C(=O)c1cc(=O)[nH][nH]1)[C@@H]1CCCN(C2Cc3ccccc3C2)C1. The zero-order valence-corrected chi connectivity index (χ0v) is 14.5. The Labute approximate surface area is 146 Å². The van der Waals surface area contributed by atoms with Gasteiger partial charge in [0.1, 0.15) is 5.69 Å². The first-order valence-electron chi connectivity index (χ1n) is 8.97. The second-order valence-electron chi connectivity index (χ2n) is 7.21. The van der Waals surface area contributed by atoms with Crippen molar-refractivity contribution in [2.45, 2.75) is 37.8 Å². The molecule has 1 aliphatic carbocycles. The van der Waals surface area contributed by atoms with Crippen LogP contribution in [0.25, 0.3) is 0 Å². The molecule has 0 saturated carbocycles. The maximum Gasteiger partial charge on any atom is 0.271 e. The van der Waals surface area contributed by atoms with Crippen molar-refractivity contribution in [2.24, 2.45) is 0 Å². The fraction of sp³-hybridized carbons (Fsp3) is 0.474. The number of carbonyl (C=O) groups excluding carboxylic acids is 1. The molecule has 2 N–H and O–H groups in total. The Balaban J connectivity index is 1.43. The minimum Gasteiger partial charge on any atom is -0.336 e. The van der Waals surface area contributed by atoms with Crippen LogP contribution in [0.4, 0.5) is 0 Å². The third-order valence-corrected chi connectivity index (χ3v) is 5.67. The Kier molecular flexibility index (Phi) is 4.21. The van der Waals surface area contributed by atoms with Crippen molar-refractivity contribution in [3.8, 4) is 0 Å². The van der Waals surface area contributed by atoms with Gasteiger partial charge in [0.2, 0.25) is 0 Å². The van der Waals surface area contributed by atoms with Crippen LogP contribution in [0, 0.1) is 0 Å². The predicted molar refractivity (Wildman–Crippen MR) is 95.7 cm³/mol. The topological polar surface area (TPSA) is 72.2 Å². The number of amides is 1. The van der Waals surface area contributed by atoms with E-state index in [1.54, 1.807) is 4.90 Å². The number of H-pyrrole nitrogens is 2. The van der Waals surface area contributed by atoms with Crippen molar-refractivity contribution in [1.82, 2.24) is 20.0 Å². The molecule has 6 heteroatoms. The van der Waals surface area contributed by atoms with Crippen molar-refractivity contribution in [2.75, 3.05) is 20.1 Å². The van der Waals surface area contributed by atoms with Crippen LogP contribution in [-0.2, 0) is 12.8 Å². The second kappa shape index (κ2) is 6.52. The van der Waals surface area contributed by atoms with Gasteiger partial charge in [0, 0.05) is 31.7 Å². The molecule has 4 rings (SSSR count). The van der Waals surface area contributed by atoms with Crippen LogP contribution in [0.15, 0.2) is 35.1 Å². The second-order valence-corrected chi connectivity index (χ2v) is 7.21. The molecule has 0 bridgehead atoms. The van der Waals surface area contributed by atoms with E-state index in [9.17, 15) is 9.59 Å². The number of hydrogen-bond donors (Lipinski definition) is 2. The Morgan fingerprint density at radius 3 is 2.56 bits per heavy atom. The van der Waals surface area contributed by atoms with Crippen LogP contribution in [0.5, 0.6) is 0 Å². The van der Waals surface area contributed by atoms with E-state index in [2.05, 4.69) is 39.4 Å². The van der Waals surface area contributed by atoms with Gasteiger partial charge in [-0.3, -0.25) is 24.7 Å². The number of fused-ring (bicyclic) bond motifs is 1. The molecule has 1 amide bonds. The summed E-state index contributed by atoms with van der Waals surface area (Å²) < 4.78 is 0. The summed E-state index contributed by atoms with van der Waals surface area (Å²) in [5, 5.41) is 5.09. The molecule has 0 unspecified atom stereocenters. The quantitative estimate of drug-likeness (QED) is 0.887. The Bertz CT molecular complexity index is 800. The summed E-state index contributed by atoms with van der Waals surface area (Å²) >= 11 is 0. The van der Waals surface area contributed by atoms with E-state index >= 15 is 0 Å². The van der Waals surface area contributed by atoms with Gasteiger partial charge in [-0.1, -0.05) is 24.3 Å². The average Bonchev–Trinajstić information content (AvgIpc) is 3.26. The molecule has 2 aliphatic rings. The lowest BCUT2D eigenvalue weighted by atomic mass is 10.0. The first kappa shape index (κ1) is 16.1. The van der Waals surface area contributed by atoms with E-state index < -0.39 is 0 Å². The molecule has 1 fully saturated rings. The molecule has 25 heavy (non-hydrogen) atoms. The van der Waals surface area contributed by atoms with E-state index in [-0.39, 0.29) is 17.5 Å². The van der Waals surface area contributed by atoms with E-state index in [4.69, 9.17) is 0 Å². The number of rotatable bonds is 3. The van der Waals surface area contributed by atoms with Crippen molar-refractivity contribution < 1.29 is 4.79 Å². The highest BCUT2D eigenvalue weighted by molar-refractivity contribution is 5.92. The highest BCUT2D eigenvalue weighted by Crippen LogP contribution is 2.28. The van der Waals surface area contributed by atoms with Crippen LogP contribution < -0.4 is 5.56 Å². The predicted octanol–water partition coefficient (Wildman–Crippen LogP) is 1.41. The van der Waals surface area contributed by atoms with Gasteiger partial charge in [-0.05, 0) is 43.4 Å². The van der Waals surface area contributed by atoms with Crippen LogP contribution in [0.2, 0.25) is 0 Å². The normalized spacial score (nSPS) is 21.2. The lowest BCUT2D eigenvalue weighted by Gasteiger charge is -2.40. The zero-order valence-electron chi connectivity index (χ0n) is 14.5. The summed E-state index contributed by atoms with van der Waals surface area (Å²) in [5.74, 6) is -0.125. The van der Waals surface area contributed by atoms with Crippen molar-refractivity contribution in [1.29, 1.82) is 0 Å². The zero-order chi connectivity index (χ0) is 17.4. The Hall–Kier alpha value is -2.34. The van der Waals surface area contributed by atoms with Gasteiger partial charge in [-0.2, -0.15) is 0 Å². The van der Waals surface area contributed by atoms with E-state index in [1.807, 2.05) is 7.05 Å². The Morgan fingerprint density at radius 2 is 1.92 bits per heavy atom. The van der Waals surface area contributed by atoms with Crippen LogP contribution in [-0.4, -0.2) is 58.1 Å². The first-order valence-corrected chi connectivity index (χ1v) is 8.97. The van der Waals surface area contributed by atoms with Gasteiger partial charge < -0.3 is 4.90 Å². The number of carbonyl (C=O) groups is 1. The number of nitrogens with one attached hydrogen (secondary N) is 2. The van der Waals surface area contributed by atoms with Crippen molar-refractivity contribution >= 4 is 5.91 Å². The van der Waals surface area contributed by atoms with Gasteiger partial charge in [-0.25, -0.2) is 0 Å². The van der Waals surface area contributed by atoms with Gasteiger partial charge >= 0.3 is 0 Å². The van der Waals surface area contributed by atoms with Gasteiger partial charge in [0.15, 0.2) is 0 Å². The summed E-state index contributed by atoms with van der Waals surface area (Å²) in [6, 6.07) is 10.7. The van der Waals surface area contributed by atoms with Crippen molar-refractivity contribution in [3.63, 3.8) is 0 Å². The number of aromatic amines is 2. The average molecular weight is 340 g/mol. The van der Waals surface area contributed by atoms with Crippen molar-refractivity contribution in [3.05, 3.63) is 57.5 Å². The lowest BCUT2D eigenvalue weighted by molar-refractivity contribution is 0.0550. The van der Waals surface area contributed by atoms with Crippen LogP contribution >= 0.6 is 0 Å². The smallest absolute Gasteiger partial charge is 0.271 e. The summed E-state index contributed by atoms with van der Waals surface area (Å²) in [4.78, 5) is 28.2.